The van der Waals surface area contributed by atoms with Crippen LogP contribution < -0.4 is 10.3 Å². The molecule has 3 heterocycles. The number of thiophene rings is 1. The molecule has 0 atom stereocenters. The van der Waals surface area contributed by atoms with Crippen LogP contribution in [0.1, 0.15) is 10.6 Å². The van der Waals surface area contributed by atoms with E-state index in [2.05, 4.69) is 0 Å². The predicted molar refractivity (Wildman–Crippen MR) is 90.8 cm³/mol. The van der Waals surface area contributed by atoms with Gasteiger partial charge in [0.1, 0.15) is 11.9 Å². The fraction of sp³-hybridized carbons (Fsp3) is 0.294. The molecule has 0 N–H and O–H groups in total. The molecule has 1 amide bonds. The maximum absolute atomic E-state index is 12.0. The number of carbonyl (C=O) groups excluding carboxylic acids is 1. The minimum absolute atomic E-state index is 0.0154. The van der Waals surface area contributed by atoms with E-state index in [1.54, 1.807) is 33.9 Å². The second kappa shape index (κ2) is 6.42. The van der Waals surface area contributed by atoms with Crippen LogP contribution in [0.3, 0.4) is 0 Å². The van der Waals surface area contributed by atoms with Crippen molar-refractivity contribution in [1.29, 1.82) is 0 Å². The highest BCUT2D eigenvalue weighted by Gasteiger charge is 2.31. The van der Waals surface area contributed by atoms with Crippen LogP contribution >= 0.6 is 11.3 Å². The SMILES string of the molecule is Cc1cc(OC2CN(C(=O)/C=C/c3cccs3)C2)cc(=O)n1C. The summed E-state index contributed by atoms with van der Waals surface area (Å²) in [6.45, 7) is 2.95. The topological polar surface area (TPSA) is 51.5 Å². The molecular formula is C17H18N2O3S. The summed E-state index contributed by atoms with van der Waals surface area (Å²) >= 11 is 1.59. The molecule has 120 valence electrons. The van der Waals surface area contributed by atoms with Crippen LogP contribution in [0.2, 0.25) is 0 Å². The molecule has 23 heavy (non-hydrogen) atoms. The minimum Gasteiger partial charge on any atom is -0.486 e. The van der Waals surface area contributed by atoms with E-state index in [4.69, 9.17) is 4.74 Å². The first-order valence-corrected chi connectivity index (χ1v) is 8.26. The van der Waals surface area contributed by atoms with E-state index < -0.39 is 0 Å². The van der Waals surface area contributed by atoms with Gasteiger partial charge in [0, 0.05) is 29.8 Å². The van der Waals surface area contributed by atoms with Gasteiger partial charge < -0.3 is 14.2 Å². The average molecular weight is 330 g/mol. The fourth-order valence-corrected chi connectivity index (χ4v) is 2.95. The molecule has 0 unspecified atom stereocenters. The van der Waals surface area contributed by atoms with Crippen molar-refractivity contribution >= 4 is 23.3 Å². The first-order valence-electron chi connectivity index (χ1n) is 7.38. The molecule has 1 fully saturated rings. The lowest BCUT2D eigenvalue weighted by Gasteiger charge is -2.38. The zero-order chi connectivity index (χ0) is 16.4. The van der Waals surface area contributed by atoms with Crippen LogP contribution in [-0.4, -0.2) is 34.6 Å². The number of pyridine rings is 1. The smallest absolute Gasteiger partial charge is 0.254 e. The number of nitrogens with zero attached hydrogens (tertiary/aromatic N) is 2. The van der Waals surface area contributed by atoms with Crippen molar-refractivity contribution in [3.8, 4) is 5.75 Å². The van der Waals surface area contributed by atoms with E-state index in [1.807, 2.05) is 36.6 Å². The molecule has 6 heteroatoms. The van der Waals surface area contributed by atoms with Gasteiger partial charge in [0.05, 0.1) is 13.1 Å². The zero-order valence-corrected chi connectivity index (χ0v) is 13.9. The largest absolute Gasteiger partial charge is 0.486 e. The lowest BCUT2D eigenvalue weighted by atomic mass is 10.1. The second-order valence-electron chi connectivity index (χ2n) is 5.56. The van der Waals surface area contributed by atoms with Crippen molar-refractivity contribution in [1.82, 2.24) is 9.47 Å². The van der Waals surface area contributed by atoms with Gasteiger partial charge >= 0.3 is 0 Å². The van der Waals surface area contributed by atoms with Gasteiger partial charge in [-0.25, -0.2) is 0 Å². The average Bonchev–Trinajstić information content (AvgIpc) is 2.98. The second-order valence-corrected chi connectivity index (χ2v) is 6.54. The van der Waals surface area contributed by atoms with Gasteiger partial charge in [0.25, 0.3) is 5.56 Å². The summed E-state index contributed by atoms with van der Waals surface area (Å²) in [4.78, 5) is 26.5. The summed E-state index contributed by atoms with van der Waals surface area (Å²) in [6.07, 6.45) is 3.36. The van der Waals surface area contributed by atoms with E-state index in [0.717, 1.165) is 10.6 Å². The Bertz CT molecular complexity index is 787. The number of hydrogen-bond acceptors (Lipinski definition) is 4. The molecule has 1 saturated heterocycles. The van der Waals surface area contributed by atoms with Crippen molar-refractivity contribution < 1.29 is 9.53 Å². The van der Waals surface area contributed by atoms with E-state index >= 15 is 0 Å². The highest BCUT2D eigenvalue weighted by atomic mass is 32.1. The van der Waals surface area contributed by atoms with Crippen molar-refractivity contribution in [3.05, 3.63) is 56.6 Å². The standard InChI is InChI=1S/C17H18N2O3S/c1-12-8-13(9-17(21)18(12)2)22-14-10-19(11-14)16(20)6-5-15-4-3-7-23-15/h3-9,14H,10-11H2,1-2H3/b6-5+. The Hall–Kier alpha value is -2.34. The van der Waals surface area contributed by atoms with Gasteiger partial charge in [0.2, 0.25) is 5.91 Å². The zero-order valence-electron chi connectivity index (χ0n) is 13.1. The van der Waals surface area contributed by atoms with Crippen LogP contribution in [0, 0.1) is 6.92 Å². The molecule has 3 rings (SSSR count). The van der Waals surface area contributed by atoms with E-state index in [0.29, 0.717) is 18.8 Å². The number of ether oxygens (including phenoxy) is 1. The predicted octanol–water partition coefficient (Wildman–Crippen LogP) is 2.06. The maximum Gasteiger partial charge on any atom is 0.254 e. The molecule has 0 aromatic carbocycles. The molecule has 2 aromatic rings. The Morgan fingerprint density at radius 2 is 2.17 bits per heavy atom. The Kier molecular flexibility index (Phi) is 4.34. The molecular weight excluding hydrogens is 312 g/mol. The number of hydrogen-bond donors (Lipinski definition) is 0. The van der Waals surface area contributed by atoms with Crippen LogP contribution in [0.15, 0.2) is 40.5 Å². The van der Waals surface area contributed by atoms with Gasteiger partial charge in [-0.15, -0.1) is 11.3 Å². The number of aromatic nitrogens is 1. The van der Waals surface area contributed by atoms with Crippen molar-refractivity contribution in [2.24, 2.45) is 7.05 Å². The summed E-state index contributed by atoms with van der Waals surface area (Å²) in [6, 6.07) is 7.24. The third kappa shape index (κ3) is 3.53. The molecule has 2 aromatic heterocycles. The number of likely N-dealkylation sites (tertiary alicyclic amines) is 1. The monoisotopic (exact) mass is 330 g/mol. The molecule has 0 aliphatic carbocycles. The highest BCUT2D eigenvalue weighted by molar-refractivity contribution is 7.10. The summed E-state index contributed by atoms with van der Waals surface area (Å²) in [5.41, 5.74) is 0.754. The first-order chi connectivity index (χ1) is 11.0. The summed E-state index contributed by atoms with van der Waals surface area (Å²) in [7, 11) is 1.73. The van der Waals surface area contributed by atoms with Crippen LogP contribution in [-0.2, 0) is 11.8 Å². The lowest BCUT2D eigenvalue weighted by molar-refractivity contribution is -0.134. The van der Waals surface area contributed by atoms with Crippen LogP contribution in [0.5, 0.6) is 5.75 Å². The third-order valence-electron chi connectivity index (χ3n) is 3.87. The number of rotatable bonds is 4. The molecule has 0 spiro atoms. The maximum atomic E-state index is 12.0. The summed E-state index contributed by atoms with van der Waals surface area (Å²) < 4.78 is 7.34. The lowest BCUT2D eigenvalue weighted by Crippen LogP contribution is -2.55. The number of aryl methyl sites for hydroxylation is 1. The number of carbonyl (C=O) groups is 1. The van der Waals surface area contributed by atoms with Crippen molar-refractivity contribution in [2.75, 3.05) is 13.1 Å². The summed E-state index contributed by atoms with van der Waals surface area (Å²) in [5.74, 6) is 0.551. The van der Waals surface area contributed by atoms with E-state index in [1.165, 1.54) is 6.07 Å². The third-order valence-corrected chi connectivity index (χ3v) is 4.71. The van der Waals surface area contributed by atoms with Crippen molar-refractivity contribution in [2.45, 2.75) is 13.0 Å². The Morgan fingerprint density at radius 3 is 2.83 bits per heavy atom. The Morgan fingerprint density at radius 1 is 1.39 bits per heavy atom. The van der Waals surface area contributed by atoms with E-state index in [-0.39, 0.29) is 17.6 Å². The fourth-order valence-electron chi connectivity index (χ4n) is 2.33. The molecule has 0 radical (unpaired) electrons. The van der Waals surface area contributed by atoms with Gasteiger partial charge in [-0.3, -0.25) is 9.59 Å². The molecule has 1 aliphatic heterocycles. The summed E-state index contributed by atoms with van der Waals surface area (Å²) in [5, 5.41) is 1.98. The molecule has 5 nitrogen and oxygen atoms in total. The normalized spacial score (nSPS) is 15.0. The minimum atomic E-state index is -0.0915. The Balaban J connectivity index is 1.53. The van der Waals surface area contributed by atoms with Crippen LogP contribution in [0.25, 0.3) is 6.08 Å². The van der Waals surface area contributed by atoms with Crippen molar-refractivity contribution in [3.63, 3.8) is 0 Å². The van der Waals surface area contributed by atoms with Gasteiger partial charge in [-0.1, -0.05) is 6.07 Å². The molecule has 1 aliphatic rings. The van der Waals surface area contributed by atoms with Crippen LogP contribution in [0.4, 0.5) is 0 Å². The molecule has 0 saturated carbocycles. The van der Waals surface area contributed by atoms with Gasteiger partial charge in [-0.2, -0.15) is 0 Å². The van der Waals surface area contributed by atoms with E-state index in [9.17, 15) is 9.59 Å². The first kappa shape index (κ1) is 15.6. The quantitative estimate of drug-likeness (QED) is 0.806. The van der Waals surface area contributed by atoms with Gasteiger partial charge in [-0.05, 0) is 30.5 Å². The molecule has 0 bridgehead atoms. The Labute approximate surface area is 138 Å². The number of amides is 1. The van der Waals surface area contributed by atoms with Gasteiger partial charge in [0.15, 0.2) is 0 Å². The highest BCUT2D eigenvalue weighted by Crippen LogP contribution is 2.18.